The van der Waals surface area contributed by atoms with Crippen molar-refractivity contribution in [1.82, 2.24) is 0 Å². The van der Waals surface area contributed by atoms with Crippen molar-refractivity contribution in [2.75, 3.05) is 20.3 Å². The molecule has 1 saturated carbocycles. The molecule has 0 saturated heterocycles. The summed E-state index contributed by atoms with van der Waals surface area (Å²) < 4.78 is 64.1. The summed E-state index contributed by atoms with van der Waals surface area (Å²) in [5.41, 5.74) is 3.06. The molecule has 0 aromatic heterocycles. The Kier molecular flexibility index (Phi) is 13.9. The molecule has 0 bridgehead atoms. The van der Waals surface area contributed by atoms with E-state index in [1.807, 2.05) is 97.1 Å². The van der Waals surface area contributed by atoms with Crippen molar-refractivity contribution in [1.29, 1.82) is 0 Å². The van der Waals surface area contributed by atoms with Gasteiger partial charge in [0.2, 0.25) is 0 Å². The lowest BCUT2D eigenvalue weighted by atomic mass is 9.89. The van der Waals surface area contributed by atoms with E-state index in [0.29, 0.717) is 50.8 Å². The molecule has 1 fully saturated rings. The molecule has 0 aliphatic heterocycles. The second kappa shape index (κ2) is 19.4. The third kappa shape index (κ3) is 11.5. The fraction of sp³-hybridized carbons (Fsp3) is 0.286. The third-order valence-corrected chi connectivity index (χ3v) is 9.89. The topological polar surface area (TPSA) is 90.9 Å². The minimum Gasteiger partial charge on any atom is -0.497 e. The van der Waals surface area contributed by atoms with Gasteiger partial charge in [0.05, 0.1) is 58.5 Å². The molecule has 0 spiro atoms. The third-order valence-electron chi connectivity index (χ3n) is 8.52. The van der Waals surface area contributed by atoms with Gasteiger partial charge in [-0.15, -0.1) is 0 Å². The van der Waals surface area contributed by atoms with E-state index in [-0.39, 0.29) is 12.7 Å². The van der Waals surface area contributed by atoms with Crippen LogP contribution in [0.15, 0.2) is 146 Å². The Morgan fingerprint density at radius 2 is 1.00 bits per heavy atom. The van der Waals surface area contributed by atoms with Crippen LogP contribution in [0.4, 0.5) is 0 Å². The van der Waals surface area contributed by atoms with E-state index in [1.54, 1.807) is 55.6 Å². The molecule has 0 N–H and O–H groups in total. The van der Waals surface area contributed by atoms with Gasteiger partial charge in [-0.1, -0.05) is 109 Å². The average molecular weight is 725 g/mol. The van der Waals surface area contributed by atoms with Crippen molar-refractivity contribution in [2.24, 2.45) is 0 Å². The van der Waals surface area contributed by atoms with Crippen LogP contribution < -0.4 is 13.8 Å². The number of hydrogen-bond donors (Lipinski definition) is 0. The van der Waals surface area contributed by atoms with Crippen molar-refractivity contribution in [3.8, 4) is 17.2 Å². The zero-order chi connectivity index (χ0) is 35.9. The van der Waals surface area contributed by atoms with Gasteiger partial charge in [-0.05, 0) is 53.1 Å². The lowest BCUT2D eigenvalue weighted by Crippen LogP contribution is -2.51. The highest BCUT2D eigenvalue weighted by Gasteiger charge is 2.47. The van der Waals surface area contributed by atoms with Gasteiger partial charge in [0.15, 0.2) is 0 Å². The van der Waals surface area contributed by atoms with Gasteiger partial charge in [-0.2, -0.15) is 0 Å². The van der Waals surface area contributed by atoms with Crippen molar-refractivity contribution < 1.29 is 41.8 Å². The maximum atomic E-state index is 14.7. The van der Waals surface area contributed by atoms with Crippen LogP contribution in [0, 0.1) is 0 Å². The number of ether oxygens (including phenoxy) is 5. The molecular weight excluding hydrogens is 679 g/mol. The first-order valence-corrected chi connectivity index (χ1v) is 18.9. The summed E-state index contributed by atoms with van der Waals surface area (Å²) in [6.07, 6.45) is -1.36. The lowest BCUT2D eigenvalue weighted by Gasteiger charge is -2.41. The maximum Gasteiger partial charge on any atom is 0.588 e. The summed E-state index contributed by atoms with van der Waals surface area (Å²) in [5.74, 6) is 1.47. The molecular formula is C42H45O9P. The molecule has 6 rings (SSSR count). The molecule has 0 unspecified atom stereocenters. The molecule has 0 heterocycles. The minimum atomic E-state index is -4.32. The van der Waals surface area contributed by atoms with E-state index in [2.05, 4.69) is 0 Å². The SMILES string of the molecule is COc1ccc(COCCO[C@@H]2C[C@H](OCc3ccccc3)C[C@@H](OCc3ccccc3)[C@H]2OP(=O)(Oc2ccccc2)Oc2ccccc2)cc1. The second-order valence-electron chi connectivity index (χ2n) is 12.4. The monoisotopic (exact) mass is 724 g/mol. The highest BCUT2D eigenvalue weighted by atomic mass is 31.2. The molecule has 5 aromatic carbocycles. The minimum absolute atomic E-state index is 0.240. The summed E-state index contributed by atoms with van der Waals surface area (Å²) in [6, 6.07) is 45.3. The summed E-state index contributed by atoms with van der Waals surface area (Å²) >= 11 is 0. The van der Waals surface area contributed by atoms with Crippen LogP contribution in [0.2, 0.25) is 0 Å². The van der Waals surface area contributed by atoms with Gasteiger partial charge in [0.25, 0.3) is 0 Å². The Bertz CT molecular complexity index is 1730. The van der Waals surface area contributed by atoms with Crippen LogP contribution in [-0.4, -0.2) is 44.7 Å². The van der Waals surface area contributed by atoms with Gasteiger partial charge in [0.1, 0.15) is 23.4 Å². The Morgan fingerprint density at radius 1 is 0.519 bits per heavy atom. The standard InChI is InChI=1S/C42H45O9P/c1-44-36-24-22-35(23-25-36)30-45-26-27-46-40-28-39(47-31-33-14-6-2-7-15-33)29-41(48-32-34-16-8-3-9-17-34)42(40)51-52(43,49-37-18-10-4-11-19-37)50-38-20-12-5-13-21-38/h2-25,39-42H,26-32H2,1H3/t39-,40+,41+,42-/m0/s1. The zero-order valence-corrected chi connectivity index (χ0v) is 30.1. The number of para-hydroxylation sites is 2. The van der Waals surface area contributed by atoms with Crippen LogP contribution >= 0.6 is 7.82 Å². The second-order valence-corrected chi connectivity index (χ2v) is 13.8. The van der Waals surface area contributed by atoms with Gasteiger partial charge in [0, 0.05) is 12.8 Å². The predicted octanol–water partition coefficient (Wildman–Crippen LogP) is 9.21. The lowest BCUT2D eigenvalue weighted by molar-refractivity contribution is -0.170. The number of phosphoric ester groups is 1. The molecule has 272 valence electrons. The summed E-state index contributed by atoms with van der Waals surface area (Å²) in [7, 11) is -2.68. The van der Waals surface area contributed by atoms with Crippen LogP contribution in [0.5, 0.6) is 17.2 Å². The van der Waals surface area contributed by atoms with Crippen molar-refractivity contribution in [2.45, 2.75) is 57.1 Å². The van der Waals surface area contributed by atoms with E-state index in [1.165, 1.54) is 0 Å². The van der Waals surface area contributed by atoms with Crippen LogP contribution in [0.1, 0.15) is 29.5 Å². The zero-order valence-electron chi connectivity index (χ0n) is 29.2. The average Bonchev–Trinajstić information content (AvgIpc) is 3.18. The number of phosphoric acid groups is 1. The molecule has 0 amide bonds. The fourth-order valence-corrected chi connectivity index (χ4v) is 7.34. The highest BCUT2D eigenvalue weighted by Crippen LogP contribution is 2.52. The summed E-state index contributed by atoms with van der Waals surface area (Å²) in [4.78, 5) is 0. The fourth-order valence-electron chi connectivity index (χ4n) is 5.89. The quantitative estimate of drug-likeness (QED) is 0.0611. The first-order chi connectivity index (χ1) is 25.5. The Morgan fingerprint density at radius 3 is 1.54 bits per heavy atom. The van der Waals surface area contributed by atoms with Crippen LogP contribution in [0.25, 0.3) is 0 Å². The molecule has 4 atom stereocenters. The highest BCUT2D eigenvalue weighted by molar-refractivity contribution is 7.49. The Labute approximate surface area is 305 Å². The van der Waals surface area contributed by atoms with Gasteiger partial charge in [-0.3, -0.25) is 4.52 Å². The van der Waals surface area contributed by atoms with Gasteiger partial charge < -0.3 is 32.7 Å². The molecule has 0 radical (unpaired) electrons. The van der Waals surface area contributed by atoms with Crippen molar-refractivity contribution in [3.63, 3.8) is 0 Å². The normalized spacial score (nSPS) is 18.8. The number of benzene rings is 5. The summed E-state index contributed by atoms with van der Waals surface area (Å²) in [6.45, 7) is 1.71. The molecule has 52 heavy (non-hydrogen) atoms. The summed E-state index contributed by atoms with van der Waals surface area (Å²) in [5, 5.41) is 0. The Hall–Kier alpha value is -4.47. The number of hydrogen-bond acceptors (Lipinski definition) is 9. The molecule has 1 aliphatic carbocycles. The van der Waals surface area contributed by atoms with E-state index in [4.69, 9.17) is 37.3 Å². The number of methoxy groups -OCH3 is 1. The van der Waals surface area contributed by atoms with Gasteiger partial charge in [-0.25, -0.2) is 4.57 Å². The first kappa shape index (κ1) is 37.3. The predicted molar refractivity (Wildman–Crippen MR) is 198 cm³/mol. The number of rotatable bonds is 19. The first-order valence-electron chi connectivity index (χ1n) is 17.5. The Balaban J connectivity index is 1.23. The largest absolute Gasteiger partial charge is 0.588 e. The van der Waals surface area contributed by atoms with Crippen molar-refractivity contribution >= 4 is 7.82 Å². The molecule has 10 heteroatoms. The van der Waals surface area contributed by atoms with E-state index in [0.717, 1.165) is 22.4 Å². The van der Waals surface area contributed by atoms with Crippen LogP contribution in [0.3, 0.4) is 0 Å². The van der Waals surface area contributed by atoms with Gasteiger partial charge >= 0.3 is 7.82 Å². The van der Waals surface area contributed by atoms with E-state index < -0.39 is 26.1 Å². The molecule has 9 nitrogen and oxygen atoms in total. The maximum absolute atomic E-state index is 14.7. The smallest absolute Gasteiger partial charge is 0.497 e. The molecule has 1 aliphatic rings. The van der Waals surface area contributed by atoms with E-state index in [9.17, 15) is 4.57 Å². The molecule has 5 aromatic rings. The van der Waals surface area contributed by atoms with Crippen LogP contribution in [-0.2, 0) is 47.9 Å². The van der Waals surface area contributed by atoms with Crippen molar-refractivity contribution in [3.05, 3.63) is 162 Å². The van der Waals surface area contributed by atoms with E-state index >= 15 is 0 Å².